The predicted octanol–water partition coefficient (Wildman–Crippen LogP) is 3.12. The van der Waals surface area contributed by atoms with Gasteiger partial charge in [0, 0.05) is 42.8 Å². The molecular weight excluding hydrogens is 222 g/mol. The van der Waals surface area contributed by atoms with Crippen LogP contribution in [0, 0.1) is 6.92 Å². The Morgan fingerprint density at radius 1 is 1.39 bits per heavy atom. The molecule has 1 N–H and O–H groups in total. The van der Waals surface area contributed by atoms with Crippen molar-refractivity contribution >= 4 is 5.69 Å². The first-order valence-corrected chi connectivity index (χ1v) is 6.99. The van der Waals surface area contributed by atoms with Gasteiger partial charge in [0.05, 0.1) is 0 Å². The van der Waals surface area contributed by atoms with Gasteiger partial charge in [-0.15, -0.1) is 0 Å². The standard InChI is InChI=1S/C15H27N3/c1-6-8-16-10-14-11-17-12(3)9-15(14)18(5)13(4)7-2/h9,11,13,16H,6-8,10H2,1-5H3. The van der Waals surface area contributed by atoms with Gasteiger partial charge < -0.3 is 10.2 Å². The van der Waals surface area contributed by atoms with E-state index >= 15 is 0 Å². The normalized spacial score (nSPS) is 12.5. The summed E-state index contributed by atoms with van der Waals surface area (Å²) in [6.07, 6.45) is 4.32. The molecule has 0 saturated heterocycles. The molecule has 0 saturated carbocycles. The van der Waals surface area contributed by atoms with Crippen LogP contribution < -0.4 is 10.2 Å². The van der Waals surface area contributed by atoms with Crippen molar-refractivity contribution in [3.8, 4) is 0 Å². The smallest absolute Gasteiger partial charge is 0.0445 e. The highest BCUT2D eigenvalue weighted by Crippen LogP contribution is 2.22. The zero-order valence-electron chi connectivity index (χ0n) is 12.5. The predicted molar refractivity (Wildman–Crippen MR) is 79.1 cm³/mol. The Labute approximate surface area is 112 Å². The van der Waals surface area contributed by atoms with Crippen LogP contribution in [-0.2, 0) is 6.54 Å². The Hall–Kier alpha value is -1.09. The number of nitrogens with one attached hydrogen (secondary N) is 1. The molecule has 0 amide bonds. The molecule has 18 heavy (non-hydrogen) atoms. The van der Waals surface area contributed by atoms with Crippen LogP contribution in [0.2, 0.25) is 0 Å². The number of anilines is 1. The first-order chi connectivity index (χ1) is 8.60. The van der Waals surface area contributed by atoms with Crippen LogP contribution in [0.25, 0.3) is 0 Å². The van der Waals surface area contributed by atoms with E-state index in [9.17, 15) is 0 Å². The van der Waals surface area contributed by atoms with E-state index < -0.39 is 0 Å². The number of rotatable bonds is 7. The summed E-state index contributed by atoms with van der Waals surface area (Å²) in [7, 11) is 2.17. The lowest BCUT2D eigenvalue weighted by atomic mass is 10.1. The molecule has 0 aliphatic carbocycles. The van der Waals surface area contributed by atoms with Crippen molar-refractivity contribution in [2.24, 2.45) is 0 Å². The van der Waals surface area contributed by atoms with E-state index in [0.717, 1.165) is 31.6 Å². The van der Waals surface area contributed by atoms with E-state index in [0.29, 0.717) is 6.04 Å². The molecule has 1 atom stereocenters. The van der Waals surface area contributed by atoms with Crippen molar-refractivity contribution in [2.45, 2.75) is 53.1 Å². The summed E-state index contributed by atoms with van der Waals surface area (Å²) in [6, 6.07) is 2.74. The fraction of sp³-hybridized carbons (Fsp3) is 0.667. The highest BCUT2D eigenvalue weighted by Gasteiger charge is 2.12. The fourth-order valence-electron chi connectivity index (χ4n) is 1.95. The molecule has 0 bridgehead atoms. The number of pyridine rings is 1. The van der Waals surface area contributed by atoms with Gasteiger partial charge in [0.25, 0.3) is 0 Å². The highest BCUT2D eigenvalue weighted by atomic mass is 15.1. The zero-order valence-corrected chi connectivity index (χ0v) is 12.5. The van der Waals surface area contributed by atoms with E-state index in [1.807, 2.05) is 6.20 Å². The van der Waals surface area contributed by atoms with E-state index in [2.05, 4.69) is 56.0 Å². The molecule has 102 valence electrons. The van der Waals surface area contributed by atoms with Crippen LogP contribution in [0.3, 0.4) is 0 Å². The van der Waals surface area contributed by atoms with Crippen molar-refractivity contribution in [1.29, 1.82) is 0 Å². The zero-order chi connectivity index (χ0) is 13.5. The molecular formula is C15H27N3. The van der Waals surface area contributed by atoms with Gasteiger partial charge >= 0.3 is 0 Å². The van der Waals surface area contributed by atoms with Crippen molar-refractivity contribution in [3.05, 3.63) is 23.5 Å². The molecule has 0 aliphatic rings. The second-order valence-corrected chi connectivity index (χ2v) is 5.00. The topological polar surface area (TPSA) is 28.2 Å². The number of aryl methyl sites for hydroxylation is 1. The molecule has 0 spiro atoms. The third-order valence-electron chi connectivity index (χ3n) is 3.47. The average molecular weight is 249 g/mol. The number of aromatic nitrogens is 1. The first kappa shape index (κ1) is 15.0. The van der Waals surface area contributed by atoms with Crippen molar-refractivity contribution in [2.75, 3.05) is 18.5 Å². The van der Waals surface area contributed by atoms with Crippen LogP contribution in [-0.4, -0.2) is 24.6 Å². The largest absolute Gasteiger partial charge is 0.372 e. The molecule has 1 aromatic heterocycles. The minimum atomic E-state index is 0.553. The van der Waals surface area contributed by atoms with Gasteiger partial charge in [0.1, 0.15) is 0 Å². The number of hydrogen-bond acceptors (Lipinski definition) is 3. The van der Waals surface area contributed by atoms with Gasteiger partial charge in [0.2, 0.25) is 0 Å². The molecule has 1 unspecified atom stereocenters. The third kappa shape index (κ3) is 3.98. The maximum Gasteiger partial charge on any atom is 0.0445 e. The SMILES string of the molecule is CCCNCc1cnc(C)cc1N(C)C(C)CC. The Kier molecular flexibility index (Phi) is 6.13. The number of hydrogen-bond donors (Lipinski definition) is 1. The van der Waals surface area contributed by atoms with Gasteiger partial charge in [0.15, 0.2) is 0 Å². The van der Waals surface area contributed by atoms with Gasteiger partial charge in [-0.25, -0.2) is 0 Å². The Balaban J connectivity index is 2.88. The van der Waals surface area contributed by atoms with E-state index in [-0.39, 0.29) is 0 Å². The summed E-state index contributed by atoms with van der Waals surface area (Å²) in [5, 5.41) is 3.46. The van der Waals surface area contributed by atoms with Gasteiger partial charge in [-0.1, -0.05) is 13.8 Å². The summed E-state index contributed by atoms with van der Waals surface area (Å²) >= 11 is 0. The summed E-state index contributed by atoms with van der Waals surface area (Å²) < 4.78 is 0. The molecule has 1 rings (SSSR count). The maximum atomic E-state index is 4.42. The molecule has 0 fully saturated rings. The van der Waals surface area contributed by atoms with E-state index in [4.69, 9.17) is 0 Å². The molecule has 3 heteroatoms. The van der Waals surface area contributed by atoms with Crippen molar-refractivity contribution in [3.63, 3.8) is 0 Å². The van der Waals surface area contributed by atoms with Crippen LogP contribution in [0.15, 0.2) is 12.3 Å². The maximum absolute atomic E-state index is 4.42. The molecule has 0 aliphatic heterocycles. The second-order valence-electron chi connectivity index (χ2n) is 5.00. The van der Waals surface area contributed by atoms with Crippen LogP contribution in [0.4, 0.5) is 5.69 Å². The van der Waals surface area contributed by atoms with Crippen molar-refractivity contribution < 1.29 is 0 Å². The van der Waals surface area contributed by atoms with Crippen LogP contribution >= 0.6 is 0 Å². The molecule has 1 aromatic rings. The average Bonchev–Trinajstić information content (AvgIpc) is 2.38. The Morgan fingerprint density at radius 2 is 2.11 bits per heavy atom. The molecule has 0 aromatic carbocycles. The molecule has 0 radical (unpaired) electrons. The Bertz CT molecular complexity index is 363. The fourth-order valence-corrected chi connectivity index (χ4v) is 1.95. The first-order valence-electron chi connectivity index (χ1n) is 6.99. The lowest BCUT2D eigenvalue weighted by Gasteiger charge is -2.28. The van der Waals surface area contributed by atoms with Crippen molar-refractivity contribution in [1.82, 2.24) is 10.3 Å². The monoisotopic (exact) mass is 249 g/mol. The highest BCUT2D eigenvalue weighted by molar-refractivity contribution is 5.53. The molecule has 1 heterocycles. The van der Waals surface area contributed by atoms with E-state index in [1.54, 1.807) is 0 Å². The Morgan fingerprint density at radius 3 is 2.72 bits per heavy atom. The van der Waals surface area contributed by atoms with Crippen LogP contribution in [0.1, 0.15) is 44.9 Å². The van der Waals surface area contributed by atoms with E-state index in [1.165, 1.54) is 11.3 Å². The minimum absolute atomic E-state index is 0.553. The summed E-state index contributed by atoms with van der Waals surface area (Å²) in [4.78, 5) is 6.78. The summed E-state index contributed by atoms with van der Waals surface area (Å²) in [5.41, 5.74) is 3.68. The van der Waals surface area contributed by atoms with Crippen LogP contribution in [0.5, 0.6) is 0 Å². The quantitative estimate of drug-likeness (QED) is 0.753. The summed E-state index contributed by atoms with van der Waals surface area (Å²) in [6.45, 7) is 10.7. The third-order valence-corrected chi connectivity index (χ3v) is 3.47. The van der Waals surface area contributed by atoms with Gasteiger partial charge in [-0.3, -0.25) is 4.98 Å². The lowest BCUT2D eigenvalue weighted by molar-refractivity contribution is 0.645. The number of nitrogens with zero attached hydrogens (tertiary/aromatic N) is 2. The minimum Gasteiger partial charge on any atom is -0.372 e. The molecule has 3 nitrogen and oxygen atoms in total. The second kappa shape index (κ2) is 7.37. The lowest BCUT2D eigenvalue weighted by Crippen LogP contribution is -2.30. The van der Waals surface area contributed by atoms with Gasteiger partial charge in [-0.2, -0.15) is 0 Å². The van der Waals surface area contributed by atoms with Gasteiger partial charge in [-0.05, 0) is 39.3 Å². The summed E-state index contributed by atoms with van der Waals surface area (Å²) in [5.74, 6) is 0.